The van der Waals surface area contributed by atoms with Crippen molar-refractivity contribution in [3.8, 4) is 0 Å². The lowest BCUT2D eigenvalue weighted by molar-refractivity contribution is 0.328. The molecule has 0 radical (unpaired) electrons. The second-order valence-electron chi connectivity index (χ2n) is 6.23. The highest BCUT2D eigenvalue weighted by Crippen LogP contribution is 2.29. The fourth-order valence-electron chi connectivity index (χ4n) is 3.14. The lowest BCUT2D eigenvalue weighted by atomic mass is 9.84. The molecule has 0 saturated heterocycles. The largest absolute Gasteiger partial charge is 0.382 e. The van der Waals surface area contributed by atoms with Crippen LogP contribution < -0.4 is 5.32 Å². The van der Waals surface area contributed by atoms with Crippen molar-refractivity contribution in [2.75, 3.05) is 19.4 Å². The summed E-state index contributed by atoms with van der Waals surface area (Å²) in [5.74, 6) is 0.848. The predicted octanol–water partition coefficient (Wildman–Crippen LogP) is 4.13. The van der Waals surface area contributed by atoms with Gasteiger partial charge in [-0.2, -0.15) is 0 Å². The van der Waals surface area contributed by atoms with Crippen molar-refractivity contribution in [3.05, 3.63) is 29.8 Å². The maximum atomic E-state index is 3.76. The molecule has 1 aromatic rings. The molecule has 1 fully saturated rings. The van der Waals surface area contributed by atoms with Crippen molar-refractivity contribution in [1.82, 2.24) is 4.90 Å². The molecule has 106 valence electrons. The second-order valence-corrected chi connectivity index (χ2v) is 6.23. The van der Waals surface area contributed by atoms with Crippen molar-refractivity contribution in [2.24, 2.45) is 5.92 Å². The van der Waals surface area contributed by atoms with Crippen LogP contribution in [0.4, 0.5) is 5.69 Å². The Morgan fingerprint density at radius 2 is 1.84 bits per heavy atom. The van der Waals surface area contributed by atoms with E-state index >= 15 is 0 Å². The average molecular weight is 260 g/mol. The first kappa shape index (κ1) is 14.4. The van der Waals surface area contributed by atoms with Gasteiger partial charge in [0.15, 0.2) is 0 Å². The molecule has 2 rings (SSSR count). The summed E-state index contributed by atoms with van der Waals surface area (Å²) in [5.41, 5.74) is 2.71. The van der Waals surface area contributed by atoms with Crippen LogP contribution in [-0.4, -0.2) is 25.0 Å². The summed E-state index contributed by atoms with van der Waals surface area (Å²) in [5, 5.41) is 3.76. The van der Waals surface area contributed by atoms with Crippen LogP contribution in [0.3, 0.4) is 0 Å². The standard InChI is InChI=1S/C17H28N2/c1-14(15-9-5-4-6-10-15)18-17-12-8-7-11-16(17)13-19(2)3/h7-8,11-12,14-15,18H,4-6,9-10,13H2,1-3H3. The van der Waals surface area contributed by atoms with Crippen LogP contribution in [0.1, 0.15) is 44.6 Å². The Bertz CT molecular complexity index is 381. The number of nitrogens with zero attached hydrogens (tertiary/aromatic N) is 1. The lowest BCUT2D eigenvalue weighted by Gasteiger charge is -2.30. The maximum Gasteiger partial charge on any atom is 0.0388 e. The summed E-state index contributed by atoms with van der Waals surface area (Å²) in [6, 6.07) is 9.31. The highest BCUT2D eigenvalue weighted by Gasteiger charge is 2.20. The topological polar surface area (TPSA) is 15.3 Å². The van der Waals surface area contributed by atoms with Crippen LogP contribution in [-0.2, 0) is 6.54 Å². The molecule has 1 atom stereocenters. The summed E-state index contributed by atoms with van der Waals surface area (Å²) in [4.78, 5) is 2.23. The van der Waals surface area contributed by atoms with Gasteiger partial charge in [-0.15, -0.1) is 0 Å². The van der Waals surface area contributed by atoms with E-state index in [1.54, 1.807) is 0 Å². The van der Waals surface area contributed by atoms with E-state index in [1.165, 1.54) is 43.4 Å². The zero-order chi connectivity index (χ0) is 13.7. The highest BCUT2D eigenvalue weighted by molar-refractivity contribution is 5.51. The Morgan fingerprint density at radius 3 is 2.53 bits per heavy atom. The first-order chi connectivity index (χ1) is 9.16. The van der Waals surface area contributed by atoms with E-state index in [2.05, 4.69) is 55.5 Å². The van der Waals surface area contributed by atoms with Gasteiger partial charge in [0.2, 0.25) is 0 Å². The van der Waals surface area contributed by atoms with Gasteiger partial charge in [0, 0.05) is 18.3 Å². The Labute approximate surface area is 118 Å². The van der Waals surface area contributed by atoms with Gasteiger partial charge in [0.25, 0.3) is 0 Å². The zero-order valence-electron chi connectivity index (χ0n) is 12.7. The fourth-order valence-corrected chi connectivity index (χ4v) is 3.14. The molecule has 0 heterocycles. The molecule has 0 aliphatic heterocycles. The summed E-state index contributed by atoms with van der Waals surface area (Å²) in [6.45, 7) is 3.35. The first-order valence-electron chi connectivity index (χ1n) is 7.66. The molecule has 1 saturated carbocycles. The molecule has 2 heteroatoms. The minimum atomic E-state index is 0.587. The van der Waals surface area contributed by atoms with E-state index in [1.807, 2.05) is 0 Å². The van der Waals surface area contributed by atoms with Gasteiger partial charge in [0.05, 0.1) is 0 Å². The van der Waals surface area contributed by atoms with Crippen molar-refractivity contribution in [1.29, 1.82) is 0 Å². The number of hydrogen-bond donors (Lipinski definition) is 1. The van der Waals surface area contributed by atoms with E-state index < -0.39 is 0 Å². The van der Waals surface area contributed by atoms with Gasteiger partial charge >= 0.3 is 0 Å². The number of nitrogens with one attached hydrogen (secondary N) is 1. The quantitative estimate of drug-likeness (QED) is 0.856. The third kappa shape index (κ3) is 4.24. The van der Waals surface area contributed by atoms with Crippen LogP contribution in [0.25, 0.3) is 0 Å². The van der Waals surface area contributed by atoms with Crippen molar-refractivity contribution < 1.29 is 0 Å². The molecule has 1 unspecified atom stereocenters. The monoisotopic (exact) mass is 260 g/mol. The number of benzene rings is 1. The summed E-state index contributed by atoms with van der Waals surface area (Å²) in [6.07, 6.45) is 7.04. The molecule has 1 N–H and O–H groups in total. The van der Waals surface area contributed by atoms with E-state index in [9.17, 15) is 0 Å². The van der Waals surface area contributed by atoms with Gasteiger partial charge < -0.3 is 10.2 Å². The van der Waals surface area contributed by atoms with Gasteiger partial charge in [-0.1, -0.05) is 37.5 Å². The number of hydrogen-bond acceptors (Lipinski definition) is 2. The van der Waals surface area contributed by atoms with E-state index in [0.717, 1.165) is 12.5 Å². The zero-order valence-corrected chi connectivity index (χ0v) is 12.7. The van der Waals surface area contributed by atoms with Gasteiger partial charge in [-0.05, 0) is 51.4 Å². The molecule has 1 aromatic carbocycles. The Hall–Kier alpha value is -1.02. The molecule has 0 aromatic heterocycles. The molecular formula is C17H28N2. The van der Waals surface area contributed by atoms with E-state index in [0.29, 0.717) is 6.04 Å². The van der Waals surface area contributed by atoms with Gasteiger partial charge in [-0.25, -0.2) is 0 Å². The Balaban J connectivity index is 2.01. The molecule has 0 bridgehead atoms. The number of rotatable bonds is 5. The maximum absolute atomic E-state index is 3.76. The highest BCUT2D eigenvalue weighted by atomic mass is 15.1. The fraction of sp³-hybridized carbons (Fsp3) is 0.647. The smallest absolute Gasteiger partial charge is 0.0388 e. The molecule has 1 aliphatic rings. The van der Waals surface area contributed by atoms with Crippen LogP contribution in [0, 0.1) is 5.92 Å². The van der Waals surface area contributed by atoms with Gasteiger partial charge in [-0.3, -0.25) is 0 Å². The number of anilines is 1. The van der Waals surface area contributed by atoms with Gasteiger partial charge in [0.1, 0.15) is 0 Å². The molecule has 0 spiro atoms. The SMILES string of the molecule is CC(Nc1ccccc1CN(C)C)C1CCCCC1. The average Bonchev–Trinajstić information content (AvgIpc) is 2.41. The molecular weight excluding hydrogens is 232 g/mol. The lowest BCUT2D eigenvalue weighted by Crippen LogP contribution is -2.28. The molecule has 1 aliphatic carbocycles. The first-order valence-corrected chi connectivity index (χ1v) is 7.66. The molecule has 19 heavy (non-hydrogen) atoms. The van der Waals surface area contributed by atoms with Crippen molar-refractivity contribution in [3.63, 3.8) is 0 Å². The summed E-state index contributed by atoms with van der Waals surface area (Å²) < 4.78 is 0. The van der Waals surface area contributed by atoms with Crippen LogP contribution >= 0.6 is 0 Å². The molecule has 2 nitrogen and oxygen atoms in total. The van der Waals surface area contributed by atoms with Crippen LogP contribution in [0.2, 0.25) is 0 Å². The van der Waals surface area contributed by atoms with Crippen molar-refractivity contribution >= 4 is 5.69 Å². The summed E-state index contributed by atoms with van der Waals surface area (Å²) in [7, 11) is 4.25. The van der Waals surface area contributed by atoms with Crippen LogP contribution in [0.15, 0.2) is 24.3 Å². The summed E-state index contributed by atoms with van der Waals surface area (Å²) >= 11 is 0. The minimum Gasteiger partial charge on any atom is -0.382 e. The Morgan fingerprint density at radius 1 is 1.16 bits per heavy atom. The van der Waals surface area contributed by atoms with E-state index in [-0.39, 0.29) is 0 Å². The third-order valence-electron chi connectivity index (χ3n) is 4.24. The number of para-hydroxylation sites is 1. The third-order valence-corrected chi connectivity index (χ3v) is 4.24. The normalized spacial score (nSPS) is 18.5. The molecule has 0 amide bonds. The minimum absolute atomic E-state index is 0.587. The predicted molar refractivity (Wildman–Crippen MR) is 83.5 cm³/mol. The van der Waals surface area contributed by atoms with Crippen LogP contribution in [0.5, 0.6) is 0 Å². The van der Waals surface area contributed by atoms with E-state index in [4.69, 9.17) is 0 Å². The van der Waals surface area contributed by atoms with Crippen molar-refractivity contribution in [2.45, 2.75) is 51.6 Å². The second kappa shape index (κ2) is 6.95. The Kier molecular flexibility index (Phi) is 5.26.